The van der Waals surface area contributed by atoms with Crippen LogP contribution in [0, 0.1) is 11.8 Å². The van der Waals surface area contributed by atoms with Crippen LogP contribution in [0.3, 0.4) is 0 Å². The molecule has 6 nitrogen and oxygen atoms in total. The fraction of sp³-hybridized carbons (Fsp3) is 0.476. The minimum absolute atomic E-state index is 0.221. The van der Waals surface area contributed by atoms with Crippen LogP contribution >= 0.6 is 0 Å². The number of hydrogen-bond donors (Lipinski definition) is 1. The van der Waals surface area contributed by atoms with Gasteiger partial charge in [0.15, 0.2) is 0 Å². The number of fused-ring (bicyclic) bond motifs is 1. The van der Waals surface area contributed by atoms with E-state index in [-0.39, 0.29) is 29.6 Å². The standard InChI is InChI=1S/C21H25N3O3/c1-14(24-20(26)17-6-2-3-7-18(17)21(24)27)19(25)22-15-8-10-16(11-9-15)23-12-4-5-13-23/h2-3,8-11,14,17-18H,4-7,12-13H2,1H3,(H,22,25). The highest BCUT2D eigenvalue weighted by molar-refractivity contribution is 6.10. The highest BCUT2D eigenvalue weighted by Gasteiger charge is 2.50. The summed E-state index contributed by atoms with van der Waals surface area (Å²) in [6.07, 6.45) is 7.48. The summed E-state index contributed by atoms with van der Waals surface area (Å²) in [5, 5.41) is 2.84. The first-order valence-electron chi connectivity index (χ1n) is 9.74. The lowest BCUT2D eigenvalue weighted by atomic mass is 9.85. The van der Waals surface area contributed by atoms with Gasteiger partial charge in [0, 0.05) is 24.5 Å². The molecule has 3 aliphatic rings. The predicted octanol–water partition coefficient (Wildman–Crippen LogP) is 2.57. The van der Waals surface area contributed by atoms with E-state index in [4.69, 9.17) is 0 Å². The van der Waals surface area contributed by atoms with Crippen LogP contribution in [0.2, 0.25) is 0 Å². The molecule has 3 amide bonds. The minimum Gasteiger partial charge on any atom is -0.372 e. The smallest absolute Gasteiger partial charge is 0.247 e. The van der Waals surface area contributed by atoms with E-state index in [9.17, 15) is 14.4 Å². The number of amides is 3. The molecule has 142 valence electrons. The van der Waals surface area contributed by atoms with Gasteiger partial charge in [-0.3, -0.25) is 19.3 Å². The van der Waals surface area contributed by atoms with E-state index in [0.29, 0.717) is 18.5 Å². The Bertz CT molecular complexity index is 754. The summed E-state index contributed by atoms with van der Waals surface area (Å²) in [4.78, 5) is 41.4. The van der Waals surface area contributed by atoms with E-state index in [2.05, 4.69) is 10.2 Å². The third-order valence-corrected chi connectivity index (χ3v) is 5.91. The van der Waals surface area contributed by atoms with E-state index < -0.39 is 6.04 Å². The van der Waals surface area contributed by atoms with Crippen molar-refractivity contribution in [2.24, 2.45) is 11.8 Å². The average Bonchev–Trinajstić information content (AvgIpc) is 3.30. The molecule has 1 aliphatic carbocycles. The number of anilines is 2. The average molecular weight is 367 g/mol. The van der Waals surface area contributed by atoms with E-state index in [0.717, 1.165) is 23.7 Å². The first-order valence-corrected chi connectivity index (χ1v) is 9.74. The van der Waals surface area contributed by atoms with E-state index >= 15 is 0 Å². The van der Waals surface area contributed by atoms with Gasteiger partial charge in [-0.2, -0.15) is 0 Å². The van der Waals surface area contributed by atoms with Crippen molar-refractivity contribution in [2.45, 2.75) is 38.6 Å². The Morgan fingerprint density at radius 1 is 1.00 bits per heavy atom. The number of imide groups is 1. The molecule has 4 rings (SSSR count). The quantitative estimate of drug-likeness (QED) is 0.656. The van der Waals surface area contributed by atoms with Gasteiger partial charge in [0.25, 0.3) is 0 Å². The number of nitrogens with zero attached hydrogens (tertiary/aromatic N) is 2. The molecule has 0 aromatic heterocycles. The van der Waals surface area contributed by atoms with E-state index in [1.54, 1.807) is 6.92 Å². The summed E-state index contributed by atoms with van der Waals surface area (Å²) >= 11 is 0. The number of rotatable bonds is 4. The second kappa shape index (κ2) is 7.18. The number of allylic oxidation sites excluding steroid dienone is 2. The van der Waals surface area contributed by atoms with Crippen molar-refractivity contribution in [1.29, 1.82) is 0 Å². The molecule has 2 saturated heterocycles. The van der Waals surface area contributed by atoms with Crippen molar-refractivity contribution in [3.05, 3.63) is 36.4 Å². The van der Waals surface area contributed by atoms with Gasteiger partial charge in [-0.15, -0.1) is 0 Å². The number of likely N-dealkylation sites (tertiary alicyclic amines) is 1. The molecule has 0 bridgehead atoms. The fourth-order valence-corrected chi connectivity index (χ4v) is 4.30. The van der Waals surface area contributed by atoms with Gasteiger partial charge in [-0.25, -0.2) is 0 Å². The maximum absolute atomic E-state index is 12.7. The van der Waals surface area contributed by atoms with Crippen molar-refractivity contribution < 1.29 is 14.4 Å². The lowest BCUT2D eigenvalue weighted by Crippen LogP contribution is -2.46. The Labute approximate surface area is 159 Å². The maximum Gasteiger partial charge on any atom is 0.247 e. The first-order chi connectivity index (χ1) is 13.1. The monoisotopic (exact) mass is 367 g/mol. The largest absolute Gasteiger partial charge is 0.372 e. The summed E-state index contributed by atoms with van der Waals surface area (Å²) in [5.74, 6) is -1.39. The maximum atomic E-state index is 12.7. The number of nitrogens with one attached hydrogen (secondary N) is 1. The van der Waals surface area contributed by atoms with Crippen LogP contribution in [0.5, 0.6) is 0 Å². The number of hydrogen-bond acceptors (Lipinski definition) is 4. The molecule has 0 saturated carbocycles. The zero-order valence-electron chi connectivity index (χ0n) is 15.6. The Balaban J connectivity index is 1.42. The van der Waals surface area contributed by atoms with Crippen molar-refractivity contribution in [3.63, 3.8) is 0 Å². The topological polar surface area (TPSA) is 69.7 Å². The molecule has 3 atom stereocenters. The summed E-state index contributed by atoms with van der Waals surface area (Å²) < 4.78 is 0. The minimum atomic E-state index is -0.811. The summed E-state index contributed by atoms with van der Waals surface area (Å²) in [7, 11) is 0. The Kier molecular flexibility index (Phi) is 4.72. The molecule has 6 heteroatoms. The molecule has 0 radical (unpaired) electrons. The van der Waals surface area contributed by atoms with Crippen LogP contribution in [-0.4, -0.2) is 41.8 Å². The Hall–Kier alpha value is -2.63. The molecule has 2 heterocycles. The first kappa shape index (κ1) is 17.8. The molecule has 2 fully saturated rings. The highest BCUT2D eigenvalue weighted by Crippen LogP contribution is 2.36. The third-order valence-electron chi connectivity index (χ3n) is 5.91. The second-order valence-electron chi connectivity index (χ2n) is 7.61. The Morgan fingerprint density at radius 3 is 2.11 bits per heavy atom. The van der Waals surface area contributed by atoms with Crippen LogP contribution in [-0.2, 0) is 14.4 Å². The van der Waals surface area contributed by atoms with Gasteiger partial charge in [0.05, 0.1) is 11.8 Å². The number of benzene rings is 1. The number of carbonyl (C=O) groups excluding carboxylic acids is 3. The third kappa shape index (κ3) is 3.24. The van der Waals surface area contributed by atoms with E-state index in [1.807, 2.05) is 36.4 Å². The second-order valence-corrected chi connectivity index (χ2v) is 7.61. The van der Waals surface area contributed by atoms with Gasteiger partial charge >= 0.3 is 0 Å². The molecule has 0 spiro atoms. The van der Waals surface area contributed by atoms with Crippen molar-refractivity contribution in [1.82, 2.24) is 4.90 Å². The molecule has 3 unspecified atom stereocenters. The molecular formula is C21H25N3O3. The molecular weight excluding hydrogens is 342 g/mol. The summed E-state index contributed by atoms with van der Waals surface area (Å²) in [6, 6.07) is 6.93. The van der Waals surface area contributed by atoms with Crippen molar-refractivity contribution >= 4 is 29.1 Å². The molecule has 1 N–H and O–H groups in total. The lowest BCUT2D eigenvalue weighted by Gasteiger charge is -2.23. The van der Waals surface area contributed by atoms with Gasteiger partial charge in [-0.05, 0) is 56.9 Å². The molecule has 2 aliphatic heterocycles. The SMILES string of the molecule is CC(C(=O)Nc1ccc(N2CCCC2)cc1)N1C(=O)C2CC=CCC2C1=O. The molecule has 1 aromatic carbocycles. The van der Waals surface area contributed by atoms with Gasteiger partial charge < -0.3 is 10.2 Å². The zero-order chi connectivity index (χ0) is 19.0. The normalized spacial score (nSPS) is 25.7. The van der Waals surface area contributed by atoms with Crippen LogP contribution in [0.25, 0.3) is 0 Å². The highest BCUT2D eigenvalue weighted by atomic mass is 16.2. The van der Waals surface area contributed by atoms with Crippen LogP contribution in [0.15, 0.2) is 36.4 Å². The molecule has 27 heavy (non-hydrogen) atoms. The summed E-state index contributed by atoms with van der Waals surface area (Å²) in [5.41, 5.74) is 1.83. The van der Waals surface area contributed by atoms with Crippen molar-refractivity contribution in [2.75, 3.05) is 23.3 Å². The van der Waals surface area contributed by atoms with Crippen LogP contribution in [0.1, 0.15) is 32.6 Å². The van der Waals surface area contributed by atoms with Gasteiger partial charge in [0.2, 0.25) is 17.7 Å². The Morgan fingerprint density at radius 2 is 1.56 bits per heavy atom. The predicted molar refractivity (Wildman–Crippen MR) is 103 cm³/mol. The van der Waals surface area contributed by atoms with E-state index in [1.165, 1.54) is 12.8 Å². The number of carbonyl (C=O) groups is 3. The van der Waals surface area contributed by atoms with Gasteiger partial charge in [0.1, 0.15) is 6.04 Å². The molecule has 1 aromatic rings. The van der Waals surface area contributed by atoms with Crippen molar-refractivity contribution in [3.8, 4) is 0 Å². The van der Waals surface area contributed by atoms with Gasteiger partial charge in [-0.1, -0.05) is 12.2 Å². The van der Waals surface area contributed by atoms with Crippen LogP contribution < -0.4 is 10.2 Å². The van der Waals surface area contributed by atoms with Crippen LogP contribution in [0.4, 0.5) is 11.4 Å². The summed E-state index contributed by atoms with van der Waals surface area (Å²) in [6.45, 7) is 3.76. The zero-order valence-corrected chi connectivity index (χ0v) is 15.6. The lowest BCUT2D eigenvalue weighted by molar-refractivity contribution is -0.146. The fourth-order valence-electron chi connectivity index (χ4n) is 4.30.